The standard InChI is InChI=1S/C16H18N4O2S/c1-2-11-7-15(22)20-13(10-23-16(20)19-11)8-14(21)18-9-12-5-3-4-6-17-12/h3-7,13H,2,8-10H2,1H3,(H,18,21). The molecule has 0 saturated carbocycles. The normalized spacial score (nSPS) is 16.1. The molecule has 1 unspecified atom stereocenters. The van der Waals surface area contributed by atoms with E-state index in [0.29, 0.717) is 12.3 Å². The van der Waals surface area contributed by atoms with E-state index in [0.717, 1.165) is 23.0 Å². The van der Waals surface area contributed by atoms with Crippen molar-refractivity contribution in [2.24, 2.45) is 0 Å². The van der Waals surface area contributed by atoms with E-state index in [9.17, 15) is 9.59 Å². The summed E-state index contributed by atoms with van der Waals surface area (Å²) in [4.78, 5) is 33.0. The van der Waals surface area contributed by atoms with E-state index in [-0.39, 0.29) is 23.9 Å². The molecule has 1 N–H and O–H groups in total. The molecule has 0 bridgehead atoms. The molecule has 6 nitrogen and oxygen atoms in total. The lowest BCUT2D eigenvalue weighted by atomic mass is 10.2. The largest absolute Gasteiger partial charge is 0.350 e. The predicted molar refractivity (Wildman–Crippen MR) is 88.3 cm³/mol. The van der Waals surface area contributed by atoms with Crippen LogP contribution < -0.4 is 10.9 Å². The first-order chi connectivity index (χ1) is 11.2. The molecule has 2 aromatic heterocycles. The van der Waals surface area contributed by atoms with E-state index in [4.69, 9.17) is 0 Å². The molecule has 0 aliphatic carbocycles. The Hall–Kier alpha value is -2.15. The number of amides is 1. The zero-order valence-corrected chi connectivity index (χ0v) is 13.7. The predicted octanol–water partition coefficient (Wildman–Crippen LogP) is 1.55. The van der Waals surface area contributed by atoms with Crippen molar-refractivity contribution in [3.63, 3.8) is 0 Å². The summed E-state index contributed by atoms with van der Waals surface area (Å²) in [5.74, 6) is 0.618. The van der Waals surface area contributed by atoms with E-state index < -0.39 is 0 Å². The highest BCUT2D eigenvalue weighted by Crippen LogP contribution is 2.31. The summed E-state index contributed by atoms with van der Waals surface area (Å²) in [5, 5.41) is 3.57. The molecule has 1 aliphatic rings. The van der Waals surface area contributed by atoms with Crippen LogP contribution in [0.3, 0.4) is 0 Å². The second-order valence-electron chi connectivity index (χ2n) is 5.36. The van der Waals surface area contributed by atoms with Crippen molar-refractivity contribution in [2.75, 3.05) is 5.75 Å². The Kier molecular flexibility index (Phi) is 4.76. The lowest BCUT2D eigenvalue weighted by Gasteiger charge is -2.13. The number of hydrogen-bond donors (Lipinski definition) is 1. The Labute approximate surface area is 138 Å². The maximum Gasteiger partial charge on any atom is 0.254 e. The van der Waals surface area contributed by atoms with Gasteiger partial charge in [-0.15, -0.1) is 0 Å². The van der Waals surface area contributed by atoms with Gasteiger partial charge >= 0.3 is 0 Å². The molecule has 0 spiro atoms. The zero-order chi connectivity index (χ0) is 16.2. The van der Waals surface area contributed by atoms with Gasteiger partial charge in [-0.1, -0.05) is 24.8 Å². The molecular formula is C16H18N4O2S. The molecular weight excluding hydrogens is 312 g/mol. The van der Waals surface area contributed by atoms with Gasteiger partial charge in [0.15, 0.2) is 5.16 Å². The number of thioether (sulfide) groups is 1. The van der Waals surface area contributed by atoms with Gasteiger partial charge in [-0.05, 0) is 18.6 Å². The van der Waals surface area contributed by atoms with E-state index >= 15 is 0 Å². The van der Waals surface area contributed by atoms with Gasteiger partial charge < -0.3 is 5.32 Å². The number of rotatable bonds is 5. The van der Waals surface area contributed by atoms with Crippen molar-refractivity contribution in [1.82, 2.24) is 19.9 Å². The van der Waals surface area contributed by atoms with Gasteiger partial charge in [0.1, 0.15) is 0 Å². The molecule has 0 radical (unpaired) electrons. The first kappa shape index (κ1) is 15.7. The van der Waals surface area contributed by atoms with E-state index in [1.165, 1.54) is 11.8 Å². The molecule has 0 aromatic carbocycles. The minimum atomic E-state index is -0.135. The second-order valence-corrected chi connectivity index (χ2v) is 6.35. The molecule has 3 rings (SSSR count). The number of hydrogen-bond acceptors (Lipinski definition) is 5. The van der Waals surface area contributed by atoms with E-state index in [1.807, 2.05) is 25.1 Å². The van der Waals surface area contributed by atoms with Crippen molar-refractivity contribution in [1.29, 1.82) is 0 Å². The first-order valence-corrected chi connectivity index (χ1v) is 8.57. The van der Waals surface area contributed by atoms with Crippen LogP contribution in [0.2, 0.25) is 0 Å². The van der Waals surface area contributed by atoms with Gasteiger partial charge in [0, 0.05) is 30.1 Å². The topological polar surface area (TPSA) is 76.9 Å². The van der Waals surface area contributed by atoms with Gasteiger partial charge in [0.2, 0.25) is 5.91 Å². The van der Waals surface area contributed by atoms with Crippen molar-refractivity contribution in [3.05, 3.63) is 52.2 Å². The molecule has 1 aliphatic heterocycles. The number of aromatic nitrogens is 3. The van der Waals surface area contributed by atoms with Gasteiger partial charge in [0.25, 0.3) is 5.56 Å². The van der Waals surface area contributed by atoms with Crippen LogP contribution in [0.25, 0.3) is 0 Å². The van der Waals surface area contributed by atoms with Crippen LogP contribution in [0.1, 0.15) is 30.8 Å². The molecule has 1 amide bonds. The van der Waals surface area contributed by atoms with Crippen molar-refractivity contribution in [2.45, 2.75) is 37.5 Å². The number of aryl methyl sites for hydroxylation is 1. The van der Waals surface area contributed by atoms with Crippen LogP contribution in [-0.4, -0.2) is 26.2 Å². The Balaban J connectivity index is 1.64. The van der Waals surface area contributed by atoms with Crippen LogP contribution in [0.4, 0.5) is 0 Å². The van der Waals surface area contributed by atoms with Crippen LogP contribution in [0, 0.1) is 0 Å². The summed E-state index contributed by atoms with van der Waals surface area (Å²) >= 11 is 1.54. The average molecular weight is 330 g/mol. The highest BCUT2D eigenvalue weighted by molar-refractivity contribution is 7.99. The maximum atomic E-state index is 12.2. The molecule has 7 heteroatoms. The molecule has 3 heterocycles. The van der Waals surface area contributed by atoms with Crippen LogP contribution in [0.5, 0.6) is 0 Å². The minimum absolute atomic E-state index is 0.0700. The summed E-state index contributed by atoms with van der Waals surface area (Å²) in [6.45, 7) is 2.37. The first-order valence-electron chi connectivity index (χ1n) is 7.59. The van der Waals surface area contributed by atoms with Gasteiger partial charge in [-0.25, -0.2) is 4.98 Å². The summed E-state index contributed by atoms with van der Waals surface area (Å²) in [5.41, 5.74) is 1.54. The number of carbonyl (C=O) groups excluding carboxylic acids is 1. The molecule has 23 heavy (non-hydrogen) atoms. The minimum Gasteiger partial charge on any atom is -0.350 e. The van der Waals surface area contributed by atoms with Gasteiger partial charge in [-0.2, -0.15) is 0 Å². The summed E-state index contributed by atoms with van der Waals surface area (Å²) < 4.78 is 1.64. The molecule has 1 atom stereocenters. The van der Waals surface area contributed by atoms with Crippen molar-refractivity contribution < 1.29 is 4.79 Å². The highest BCUT2D eigenvalue weighted by atomic mass is 32.2. The van der Waals surface area contributed by atoms with E-state index in [2.05, 4.69) is 15.3 Å². The van der Waals surface area contributed by atoms with Crippen molar-refractivity contribution >= 4 is 17.7 Å². The number of nitrogens with one attached hydrogen (secondary N) is 1. The van der Waals surface area contributed by atoms with Gasteiger partial charge in [-0.3, -0.25) is 19.1 Å². The third-order valence-corrected chi connectivity index (χ3v) is 4.82. The quantitative estimate of drug-likeness (QED) is 0.842. The zero-order valence-electron chi connectivity index (χ0n) is 12.9. The third kappa shape index (κ3) is 3.61. The molecule has 2 aromatic rings. The number of carbonyl (C=O) groups is 1. The lowest BCUT2D eigenvalue weighted by molar-refractivity contribution is -0.121. The average Bonchev–Trinajstić information content (AvgIpc) is 2.97. The Bertz CT molecular complexity index is 760. The molecule has 120 valence electrons. The summed E-state index contributed by atoms with van der Waals surface area (Å²) in [6, 6.07) is 7.01. The van der Waals surface area contributed by atoms with E-state index in [1.54, 1.807) is 16.8 Å². The third-order valence-electron chi connectivity index (χ3n) is 3.72. The van der Waals surface area contributed by atoms with Crippen LogP contribution in [0.15, 0.2) is 40.4 Å². The second kappa shape index (κ2) is 6.95. The van der Waals surface area contributed by atoms with Crippen LogP contribution in [-0.2, 0) is 17.8 Å². The number of pyridine rings is 1. The van der Waals surface area contributed by atoms with Crippen LogP contribution >= 0.6 is 11.8 Å². The van der Waals surface area contributed by atoms with Gasteiger partial charge in [0.05, 0.1) is 18.3 Å². The summed E-state index contributed by atoms with van der Waals surface area (Å²) in [6.07, 6.45) is 2.71. The Morgan fingerprint density at radius 1 is 1.43 bits per heavy atom. The summed E-state index contributed by atoms with van der Waals surface area (Å²) in [7, 11) is 0. The number of nitrogens with zero attached hydrogens (tertiary/aromatic N) is 3. The maximum absolute atomic E-state index is 12.2. The smallest absolute Gasteiger partial charge is 0.254 e. The molecule has 0 fully saturated rings. The van der Waals surface area contributed by atoms with Crippen molar-refractivity contribution in [3.8, 4) is 0 Å². The lowest BCUT2D eigenvalue weighted by Crippen LogP contribution is -2.30. The fraction of sp³-hybridized carbons (Fsp3) is 0.375. The highest BCUT2D eigenvalue weighted by Gasteiger charge is 2.27. The Morgan fingerprint density at radius 2 is 2.30 bits per heavy atom. The fourth-order valence-corrected chi connectivity index (χ4v) is 3.68. The Morgan fingerprint density at radius 3 is 3.04 bits per heavy atom. The SMILES string of the molecule is CCc1cc(=O)n2c(n1)SCC2CC(=O)NCc1ccccn1. The molecule has 0 saturated heterocycles. The fourth-order valence-electron chi connectivity index (χ4n) is 2.51. The number of fused-ring (bicyclic) bond motifs is 1. The monoisotopic (exact) mass is 330 g/mol.